The molecule has 0 N–H and O–H groups in total. The molecule has 4 rings (SSSR count). The Morgan fingerprint density at radius 2 is 2.12 bits per heavy atom. The Hall–Kier alpha value is -2.89. The van der Waals surface area contributed by atoms with Crippen LogP contribution in [-0.4, -0.2) is 36.7 Å². The second kappa shape index (κ2) is 6.55. The van der Waals surface area contributed by atoms with Gasteiger partial charge in [-0.3, -0.25) is 9.48 Å². The molecule has 128 valence electrons. The number of hydrogen-bond acceptors (Lipinski definition) is 3. The van der Waals surface area contributed by atoms with Gasteiger partial charge in [-0.05, 0) is 30.5 Å². The van der Waals surface area contributed by atoms with Crippen molar-refractivity contribution >= 4 is 5.91 Å². The Balaban J connectivity index is 1.50. The first-order chi connectivity index (χ1) is 12.2. The fraction of sp³-hybridized carbons (Fsp3) is 0.316. The molecule has 0 aliphatic carbocycles. The SMILES string of the molecule is Cn1cc(C2CCCN2C(=O)c2ccc(Cn3ccnc3)cc2)cn1. The lowest BCUT2D eigenvalue weighted by atomic mass is 10.1. The van der Waals surface area contributed by atoms with Gasteiger partial charge in [0.15, 0.2) is 0 Å². The van der Waals surface area contributed by atoms with Gasteiger partial charge in [0, 0.05) is 49.9 Å². The van der Waals surface area contributed by atoms with Crippen LogP contribution < -0.4 is 0 Å². The van der Waals surface area contributed by atoms with Gasteiger partial charge < -0.3 is 9.47 Å². The molecule has 3 heterocycles. The number of nitrogens with zero attached hydrogens (tertiary/aromatic N) is 5. The number of hydrogen-bond donors (Lipinski definition) is 0. The average molecular weight is 335 g/mol. The van der Waals surface area contributed by atoms with Crippen LogP contribution in [0.5, 0.6) is 0 Å². The molecule has 1 aromatic carbocycles. The molecule has 3 aromatic rings. The number of imidazole rings is 1. The molecule has 6 nitrogen and oxygen atoms in total. The van der Waals surface area contributed by atoms with Crippen LogP contribution in [0.2, 0.25) is 0 Å². The Morgan fingerprint density at radius 1 is 1.28 bits per heavy atom. The summed E-state index contributed by atoms with van der Waals surface area (Å²) >= 11 is 0. The number of aromatic nitrogens is 4. The Bertz CT molecular complexity index is 850. The number of rotatable bonds is 4. The molecule has 1 unspecified atom stereocenters. The van der Waals surface area contributed by atoms with Crippen LogP contribution in [0.25, 0.3) is 0 Å². The smallest absolute Gasteiger partial charge is 0.254 e. The van der Waals surface area contributed by atoms with Gasteiger partial charge in [0.2, 0.25) is 0 Å². The zero-order valence-electron chi connectivity index (χ0n) is 14.2. The fourth-order valence-corrected chi connectivity index (χ4v) is 3.48. The average Bonchev–Trinajstić information content (AvgIpc) is 3.36. The minimum atomic E-state index is 0.0977. The highest BCUT2D eigenvalue weighted by atomic mass is 16.2. The fourth-order valence-electron chi connectivity index (χ4n) is 3.48. The quantitative estimate of drug-likeness (QED) is 0.736. The van der Waals surface area contributed by atoms with Crippen LogP contribution in [0, 0.1) is 0 Å². The molecule has 0 spiro atoms. The van der Waals surface area contributed by atoms with E-state index >= 15 is 0 Å². The topological polar surface area (TPSA) is 56.0 Å². The third-order valence-corrected chi connectivity index (χ3v) is 4.75. The minimum Gasteiger partial charge on any atom is -0.333 e. The van der Waals surface area contributed by atoms with Crippen LogP contribution in [0.1, 0.15) is 40.4 Å². The first-order valence-corrected chi connectivity index (χ1v) is 8.55. The Morgan fingerprint density at radius 3 is 2.80 bits per heavy atom. The van der Waals surface area contributed by atoms with Crippen molar-refractivity contribution in [3.05, 3.63) is 72.1 Å². The molecule has 6 heteroatoms. The molecular formula is C19H21N5O. The number of benzene rings is 1. The zero-order chi connectivity index (χ0) is 17.2. The van der Waals surface area contributed by atoms with Crippen molar-refractivity contribution in [1.29, 1.82) is 0 Å². The van der Waals surface area contributed by atoms with Crippen LogP contribution in [0.3, 0.4) is 0 Å². The van der Waals surface area contributed by atoms with E-state index in [9.17, 15) is 4.79 Å². The van der Waals surface area contributed by atoms with E-state index in [1.165, 1.54) is 0 Å². The molecule has 1 fully saturated rings. The third kappa shape index (κ3) is 3.20. The summed E-state index contributed by atoms with van der Waals surface area (Å²) < 4.78 is 3.80. The summed E-state index contributed by atoms with van der Waals surface area (Å²) in [5.74, 6) is 0.0977. The van der Waals surface area contributed by atoms with E-state index in [-0.39, 0.29) is 11.9 Å². The van der Waals surface area contributed by atoms with E-state index in [0.717, 1.165) is 42.6 Å². The van der Waals surface area contributed by atoms with Crippen molar-refractivity contribution in [3.63, 3.8) is 0 Å². The van der Waals surface area contributed by atoms with Gasteiger partial charge in [0.1, 0.15) is 0 Å². The molecule has 1 atom stereocenters. The summed E-state index contributed by atoms with van der Waals surface area (Å²) in [6.45, 7) is 1.56. The van der Waals surface area contributed by atoms with E-state index in [4.69, 9.17) is 0 Å². The van der Waals surface area contributed by atoms with Gasteiger partial charge in [0.05, 0.1) is 18.6 Å². The second-order valence-electron chi connectivity index (χ2n) is 6.54. The summed E-state index contributed by atoms with van der Waals surface area (Å²) in [5.41, 5.74) is 3.01. The standard InChI is InChI=1S/C19H21N5O/c1-22-13-17(11-21-22)18-3-2-9-24(18)19(25)16-6-4-15(5-7-16)12-23-10-8-20-14-23/h4-8,10-11,13-14,18H,2-3,9,12H2,1H3. The Kier molecular flexibility index (Phi) is 4.09. The van der Waals surface area contributed by atoms with E-state index < -0.39 is 0 Å². The predicted molar refractivity (Wildman–Crippen MR) is 94.0 cm³/mol. The maximum absolute atomic E-state index is 12.9. The first kappa shape index (κ1) is 15.6. The van der Waals surface area contributed by atoms with Crippen molar-refractivity contribution in [3.8, 4) is 0 Å². The first-order valence-electron chi connectivity index (χ1n) is 8.55. The lowest BCUT2D eigenvalue weighted by Gasteiger charge is -2.24. The van der Waals surface area contributed by atoms with Crippen molar-refractivity contribution in [2.24, 2.45) is 7.05 Å². The third-order valence-electron chi connectivity index (χ3n) is 4.75. The van der Waals surface area contributed by atoms with E-state index in [2.05, 4.69) is 10.1 Å². The van der Waals surface area contributed by atoms with Crippen LogP contribution >= 0.6 is 0 Å². The molecule has 1 aliphatic heterocycles. The minimum absolute atomic E-state index is 0.0977. The predicted octanol–water partition coefficient (Wildman–Crippen LogP) is 2.64. The van der Waals surface area contributed by atoms with Crippen LogP contribution in [0.4, 0.5) is 0 Å². The zero-order valence-corrected chi connectivity index (χ0v) is 14.2. The van der Waals surface area contributed by atoms with Crippen molar-refractivity contribution in [1.82, 2.24) is 24.2 Å². The van der Waals surface area contributed by atoms with Crippen molar-refractivity contribution in [2.45, 2.75) is 25.4 Å². The number of carbonyl (C=O) groups excluding carboxylic acids is 1. The lowest BCUT2D eigenvalue weighted by molar-refractivity contribution is 0.0735. The van der Waals surface area contributed by atoms with Gasteiger partial charge in [0.25, 0.3) is 5.91 Å². The monoisotopic (exact) mass is 335 g/mol. The van der Waals surface area contributed by atoms with Gasteiger partial charge in [-0.2, -0.15) is 5.10 Å². The van der Waals surface area contributed by atoms with Crippen molar-refractivity contribution in [2.75, 3.05) is 6.54 Å². The molecule has 1 aliphatic rings. The lowest BCUT2D eigenvalue weighted by Crippen LogP contribution is -2.30. The van der Waals surface area contributed by atoms with Gasteiger partial charge in [-0.15, -0.1) is 0 Å². The summed E-state index contributed by atoms with van der Waals surface area (Å²) in [6, 6.07) is 8.01. The number of likely N-dealkylation sites (tertiary alicyclic amines) is 1. The second-order valence-corrected chi connectivity index (χ2v) is 6.54. The highest BCUT2D eigenvalue weighted by molar-refractivity contribution is 5.94. The molecule has 25 heavy (non-hydrogen) atoms. The molecular weight excluding hydrogens is 314 g/mol. The molecule has 1 saturated heterocycles. The highest BCUT2D eigenvalue weighted by Crippen LogP contribution is 2.32. The summed E-state index contributed by atoms with van der Waals surface area (Å²) in [5, 5.41) is 4.25. The molecule has 0 saturated carbocycles. The van der Waals surface area contributed by atoms with Gasteiger partial charge in [-0.1, -0.05) is 12.1 Å². The van der Waals surface area contributed by atoms with E-state index in [0.29, 0.717) is 0 Å². The molecule has 1 amide bonds. The van der Waals surface area contributed by atoms with Crippen LogP contribution in [-0.2, 0) is 13.6 Å². The largest absolute Gasteiger partial charge is 0.333 e. The number of carbonyl (C=O) groups is 1. The van der Waals surface area contributed by atoms with Crippen molar-refractivity contribution < 1.29 is 4.79 Å². The maximum atomic E-state index is 12.9. The highest BCUT2D eigenvalue weighted by Gasteiger charge is 2.31. The normalized spacial score (nSPS) is 17.2. The Labute approximate surface area is 146 Å². The van der Waals surface area contributed by atoms with Gasteiger partial charge in [-0.25, -0.2) is 4.98 Å². The molecule has 0 bridgehead atoms. The number of aryl methyl sites for hydroxylation is 1. The molecule has 2 aromatic heterocycles. The van der Waals surface area contributed by atoms with E-state index in [1.54, 1.807) is 17.2 Å². The summed E-state index contributed by atoms with van der Waals surface area (Å²) in [6.07, 6.45) is 11.4. The summed E-state index contributed by atoms with van der Waals surface area (Å²) in [4.78, 5) is 19.0. The van der Waals surface area contributed by atoms with Crippen LogP contribution in [0.15, 0.2) is 55.4 Å². The maximum Gasteiger partial charge on any atom is 0.254 e. The van der Waals surface area contributed by atoms with Gasteiger partial charge >= 0.3 is 0 Å². The molecule has 0 radical (unpaired) electrons. The summed E-state index contributed by atoms with van der Waals surface area (Å²) in [7, 11) is 1.91. The number of amides is 1. The van der Waals surface area contributed by atoms with E-state index in [1.807, 2.05) is 59.4 Å².